The Morgan fingerprint density at radius 1 is 0.960 bits per heavy atom. The Morgan fingerprint density at radius 3 is 2.48 bits per heavy atom. The predicted octanol–water partition coefficient (Wildman–Crippen LogP) is 6.48. The number of hydrogen-bond acceptors (Lipinski definition) is 2. The van der Waals surface area contributed by atoms with E-state index in [0.717, 1.165) is 5.58 Å². The normalized spacial score (nSPS) is 21.8. The summed E-state index contributed by atoms with van der Waals surface area (Å²) in [5.41, 5.74) is 5.33. The fourth-order valence-corrected chi connectivity index (χ4v) is 5.35. The third kappa shape index (κ3) is 1.97. The molecular formula is C23H25NO. The third-order valence-corrected chi connectivity index (χ3v) is 6.37. The van der Waals surface area contributed by atoms with Gasteiger partial charge in [-0.15, -0.1) is 0 Å². The van der Waals surface area contributed by atoms with Gasteiger partial charge in [0.25, 0.3) is 0 Å². The van der Waals surface area contributed by atoms with E-state index >= 15 is 0 Å². The Kier molecular flexibility index (Phi) is 3.25. The number of fused-ring (bicyclic) bond motifs is 4. The van der Waals surface area contributed by atoms with E-state index < -0.39 is 0 Å². The summed E-state index contributed by atoms with van der Waals surface area (Å²) in [7, 11) is 0. The summed E-state index contributed by atoms with van der Waals surface area (Å²) in [6.07, 6.45) is 6.40. The minimum Gasteiger partial charge on any atom is -0.458 e. The molecule has 2 nitrogen and oxygen atoms in total. The van der Waals surface area contributed by atoms with Gasteiger partial charge < -0.3 is 9.32 Å². The van der Waals surface area contributed by atoms with E-state index in [0.29, 0.717) is 0 Å². The highest BCUT2D eigenvalue weighted by molar-refractivity contribution is 5.86. The molecular weight excluding hydrogens is 306 g/mol. The molecule has 0 radical (unpaired) electrons. The maximum Gasteiger partial charge on any atom is 0.134 e. The monoisotopic (exact) mass is 331 g/mol. The average molecular weight is 331 g/mol. The van der Waals surface area contributed by atoms with Gasteiger partial charge in [-0.25, -0.2) is 0 Å². The van der Waals surface area contributed by atoms with Crippen molar-refractivity contribution < 1.29 is 4.42 Å². The SMILES string of the molecule is Cc1ccccc1N1C(C)c2oc3ccccc3c2C12CCCCC2. The van der Waals surface area contributed by atoms with Crippen LogP contribution in [0.3, 0.4) is 0 Å². The van der Waals surface area contributed by atoms with Crippen molar-refractivity contribution in [3.63, 3.8) is 0 Å². The van der Waals surface area contributed by atoms with Crippen LogP contribution in [-0.2, 0) is 5.54 Å². The first-order valence-corrected chi connectivity index (χ1v) is 9.59. The van der Waals surface area contributed by atoms with Gasteiger partial charge in [-0.3, -0.25) is 0 Å². The van der Waals surface area contributed by atoms with Crippen LogP contribution in [0.1, 0.15) is 62.0 Å². The lowest BCUT2D eigenvalue weighted by Gasteiger charge is -2.45. The van der Waals surface area contributed by atoms with Crippen molar-refractivity contribution in [1.82, 2.24) is 0 Å². The molecule has 1 saturated carbocycles. The third-order valence-electron chi connectivity index (χ3n) is 6.37. The number of hydrogen-bond donors (Lipinski definition) is 0. The zero-order valence-electron chi connectivity index (χ0n) is 15.1. The van der Waals surface area contributed by atoms with Crippen molar-refractivity contribution in [1.29, 1.82) is 0 Å². The number of para-hydroxylation sites is 2. The number of furan rings is 1. The Hall–Kier alpha value is -2.22. The molecule has 1 spiro atoms. The molecule has 5 rings (SSSR count). The van der Waals surface area contributed by atoms with E-state index in [1.54, 1.807) is 0 Å². The van der Waals surface area contributed by atoms with Crippen molar-refractivity contribution in [2.24, 2.45) is 0 Å². The molecule has 0 N–H and O–H groups in total. The first kappa shape index (κ1) is 15.1. The minimum absolute atomic E-state index is 0.0890. The zero-order valence-corrected chi connectivity index (χ0v) is 15.1. The molecule has 2 aliphatic rings. The molecule has 2 heteroatoms. The van der Waals surface area contributed by atoms with Crippen LogP contribution in [0.4, 0.5) is 5.69 Å². The lowest BCUT2D eigenvalue weighted by Crippen LogP contribution is -2.44. The molecule has 128 valence electrons. The molecule has 3 aromatic rings. The maximum absolute atomic E-state index is 6.40. The number of rotatable bonds is 1. The average Bonchev–Trinajstić information content (AvgIpc) is 3.13. The van der Waals surface area contributed by atoms with Gasteiger partial charge in [0.15, 0.2) is 0 Å². The topological polar surface area (TPSA) is 16.4 Å². The quantitative estimate of drug-likeness (QED) is 0.507. The molecule has 0 amide bonds. The molecule has 2 aromatic carbocycles. The second kappa shape index (κ2) is 5.39. The van der Waals surface area contributed by atoms with Crippen molar-refractivity contribution in [3.05, 3.63) is 65.4 Å². The summed E-state index contributed by atoms with van der Waals surface area (Å²) < 4.78 is 6.40. The molecule has 0 bridgehead atoms. The Balaban J connectivity index is 1.79. The van der Waals surface area contributed by atoms with Crippen LogP contribution < -0.4 is 4.90 Å². The molecule has 2 heterocycles. The molecule has 1 atom stereocenters. The Morgan fingerprint density at radius 2 is 1.68 bits per heavy atom. The van der Waals surface area contributed by atoms with Gasteiger partial charge >= 0.3 is 0 Å². The van der Waals surface area contributed by atoms with E-state index in [4.69, 9.17) is 4.42 Å². The van der Waals surface area contributed by atoms with Crippen molar-refractivity contribution in [3.8, 4) is 0 Å². The molecule has 1 unspecified atom stereocenters. The summed E-state index contributed by atoms with van der Waals surface area (Å²) in [5.74, 6) is 1.19. The lowest BCUT2D eigenvalue weighted by atomic mass is 9.76. The second-order valence-electron chi connectivity index (χ2n) is 7.76. The summed E-state index contributed by atoms with van der Waals surface area (Å²) in [5, 5.41) is 1.32. The highest BCUT2D eigenvalue weighted by atomic mass is 16.3. The van der Waals surface area contributed by atoms with E-state index in [1.165, 1.54) is 60.1 Å². The first-order chi connectivity index (χ1) is 12.2. The van der Waals surface area contributed by atoms with Gasteiger partial charge in [-0.1, -0.05) is 55.7 Å². The van der Waals surface area contributed by atoms with E-state index in [1.807, 2.05) is 0 Å². The number of nitrogens with zero attached hydrogens (tertiary/aromatic N) is 1. The van der Waals surface area contributed by atoms with Crippen LogP contribution in [-0.4, -0.2) is 0 Å². The number of aryl methyl sites for hydroxylation is 1. The predicted molar refractivity (Wildman–Crippen MR) is 103 cm³/mol. The van der Waals surface area contributed by atoms with E-state index in [-0.39, 0.29) is 11.6 Å². The summed E-state index contributed by atoms with van der Waals surface area (Å²) in [6, 6.07) is 17.7. The fraction of sp³-hybridized carbons (Fsp3) is 0.391. The summed E-state index contributed by atoms with van der Waals surface area (Å²) in [6.45, 7) is 4.55. The minimum atomic E-state index is 0.0890. The van der Waals surface area contributed by atoms with Crippen LogP contribution in [0.25, 0.3) is 11.0 Å². The Bertz CT molecular complexity index is 932. The lowest BCUT2D eigenvalue weighted by molar-refractivity contribution is 0.285. The van der Waals surface area contributed by atoms with Crippen LogP contribution in [0.2, 0.25) is 0 Å². The summed E-state index contributed by atoms with van der Waals surface area (Å²) >= 11 is 0. The number of anilines is 1. The molecule has 1 aromatic heterocycles. The van der Waals surface area contributed by atoms with Gasteiger partial charge in [0.05, 0.1) is 11.6 Å². The van der Waals surface area contributed by atoms with Crippen molar-refractivity contribution in [2.75, 3.05) is 4.90 Å². The molecule has 1 aliphatic carbocycles. The second-order valence-corrected chi connectivity index (χ2v) is 7.76. The fourth-order valence-electron chi connectivity index (χ4n) is 5.35. The van der Waals surface area contributed by atoms with Crippen molar-refractivity contribution >= 4 is 16.7 Å². The van der Waals surface area contributed by atoms with Crippen LogP contribution >= 0.6 is 0 Å². The molecule has 0 saturated heterocycles. The van der Waals surface area contributed by atoms with Crippen LogP contribution in [0.15, 0.2) is 52.9 Å². The highest BCUT2D eigenvalue weighted by Crippen LogP contribution is 2.58. The summed E-state index contributed by atoms with van der Waals surface area (Å²) in [4.78, 5) is 2.68. The van der Waals surface area contributed by atoms with Crippen LogP contribution in [0, 0.1) is 6.92 Å². The number of benzene rings is 2. The molecule has 1 aliphatic heterocycles. The van der Waals surface area contributed by atoms with Gasteiger partial charge in [-0.2, -0.15) is 0 Å². The standard InChI is InChI=1S/C23H25NO/c1-16-10-4-6-12-19(16)24-17(2)22-21(23(24)14-8-3-9-15-23)18-11-5-7-13-20(18)25-22/h4-7,10-13,17H,3,8-9,14-15H2,1-2H3. The first-order valence-electron chi connectivity index (χ1n) is 9.59. The van der Waals surface area contributed by atoms with Gasteiger partial charge in [-0.05, 0) is 44.4 Å². The van der Waals surface area contributed by atoms with Gasteiger partial charge in [0.2, 0.25) is 0 Å². The van der Waals surface area contributed by atoms with E-state index in [2.05, 4.69) is 67.3 Å². The zero-order chi connectivity index (χ0) is 17.0. The van der Waals surface area contributed by atoms with Crippen molar-refractivity contribution in [2.45, 2.75) is 57.5 Å². The Labute approximate surface area is 149 Å². The van der Waals surface area contributed by atoms with Crippen LogP contribution in [0.5, 0.6) is 0 Å². The van der Waals surface area contributed by atoms with Gasteiger partial charge in [0.1, 0.15) is 11.3 Å². The highest BCUT2D eigenvalue weighted by Gasteiger charge is 2.52. The molecule has 1 fully saturated rings. The largest absolute Gasteiger partial charge is 0.458 e. The maximum atomic E-state index is 6.40. The van der Waals surface area contributed by atoms with Gasteiger partial charge in [0, 0.05) is 16.6 Å². The molecule has 25 heavy (non-hydrogen) atoms. The van der Waals surface area contributed by atoms with E-state index in [9.17, 15) is 0 Å². The smallest absolute Gasteiger partial charge is 0.134 e.